The van der Waals surface area contributed by atoms with Crippen LogP contribution in [0.4, 0.5) is 5.69 Å². The molecule has 0 aromatic heterocycles. The molecule has 0 saturated carbocycles. The van der Waals surface area contributed by atoms with Gasteiger partial charge in [0, 0.05) is 24.7 Å². The van der Waals surface area contributed by atoms with Gasteiger partial charge in [0.1, 0.15) is 0 Å². The molecule has 19 heavy (non-hydrogen) atoms. The van der Waals surface area contributed by atoms with Crippen molar-refractivity contribution in [1.29, 1.82) is 0 Å². The topological polar surface area (TPSA) is 20.3 Å². The average Bonchev–Trinajstić information content (AvgIpc) is 2.49. The highest BCUT2D eigenvalue weighted by molar-refractivity contribution is 6.02. The van der Waals surface area contributed by atoms with E-state index in [1.807, 2.05) is 48.5 Å². The third-order valence-electron chi connectivity index (χ3n) is 3.31. The van der Waals surface area contributed by atoms with Crippen LogP contribution in [0.25, 0.3) is 5.70 Å². The molecule has 94 valence electrons. The van der Waals surface area contributed by atoms with Crippen molar-refractivity contribution in [2.45, 2.75) is 6.42 Å². The molecule has 0 spiro atoms. The maximum atomic E-state index is 11.7. The Morgan fingerprint density at radius 2 is 1.47 bits per heavy atom. The van der Waals surface area contributed by atoms with Gasteiger partial charge in [0.05, 0.1) is 5.70 Å². The van der Waals surface area contributed by atoms with E-state index in [1.165, 1.54) is 0 Å². The Kier molecular flexibility index (Phi) is 3.15. The van der Waals surface area contributed by atoms with E-state index in [1.54, 1.807) is 6.08 Å². The number of para-hydroxylation sites is 1. The number of ketones is 1. The van der Waals surface area contributed by atoms with Gasteiger partial charge in [-0.15, -0.1) is 0 Å². The van der Waals surface area contributed by atoms with Crippen LogP contribution in [0.1, 0.15) is 12.0 Å². The maximum absolute atomic E-state index is 11.7. The lowest BCUT2D eigenvalue weighted by molar-refractivity contribution is -0.114. The van der Waals surface area contributed by atoms with Crippen molar-refractivity contribution in [3.63, 3.8) is 0 Å². The fraction of sp³-hybridized carbons (Fsp3) is 0.118. The zero-order valence-electron chi connectivity index (χ0n) is 10.6. The third kappa shape index (κ3) is 2.43. The molecule has 0 aliphatic carbocycles. The molecule has 2 aromatic carbocycles. The van der Waals surface area contributed by atoms with Crippen LogP contribution >= 0.6 is 0 Å². The Balaban J connectivity index is 2.04. The monoisotopic (exact) mass is 249 g/mol. The smallest absolute Gasteiger partial charge is 0.159 e. The first-order valence-electron chi connectivity index (χ1n) is 6.47. The molecule has 1 heterocycles. The molecule has 0 unspecified atom stereocenters. The zero-order valence-corrected chi connectivity index (χ0v) is 10.6. The molecule has 0 saturated heterocycles. The second kappa shape index (κ2) is 5.11. The molecule has 0 fully saturated rings. The summed E-state index contributed by atoms with van der Waals surface area (Å²) in [4.78, 5) is 13.9. The third-order valence-corrected chi connectivity index (χ3v) is 3.31. The van der Waals surface area contributed by atoms with Crippen molar-refractivity contribution in [3.8, 4) is 0 Å². The number of hydrogen-bond donors (Lipinski definition) is 0. The van der Waals surface area contributed by atoms with Gasteiger partial charge in [0.25, 0.3) is 0 Å². The minimum atomic E-state index is 0.200. The van der Waals surface area contributed by atoms with Crippen molar-refractivity contribution < 1.29 is 4.79 Å². The van der Waals surface area contributed by atoms with Crippen LogP contribution in [0.3, 0.4) is 0 Å². The molecule has 0 radical (unpaired) electrons. The largest absolute Gasteiger partial charge is 0.340 e. The molecule has 1 aliphatic rings. The molecule has 0 bridgehead atoms. The lowest BCUT2D eigenvalue weighted by Gasteiger charge is -2.30. The number of carbonyl (C=O) groups is 1. The highest BCUT2D eigenvalue weighted by atomic mass is 16.1. The Morgan fingerprint density at radius 1 is 0.842 bits per heavy atom. The van der Waals surface area contributed by atoms with Crippen LogP contribution in [0, 0.1) is 0 Å². The van der Waals surface area contributed by atoms with Gasteiger partial charge in [0.2, 0.25) is 0 Å². The van der Waals surface area contributed by atoms with Gasteiger partial charge >= 0.3 is 0 Å². The quantitative estimate of drug-likeness (QED) is 0.811. The van der Waals surface area contributed by atoms with Crippen molar-refractivity contribution in [3.05, 3.63) is 72.3 Å². The summed E-state index contributed by atoms with van der Waals surface area (Å²) in [5.41, 5.74) is 3.20. The van der Waals surface area contributed by atoms with Crippen molar-refractivity contribution >= 4 is 17.2 Å². The number of anilines is 1. The van der Waals surface area contributed by atoms with Gasteiger partial charge in [-0.05, 0) is 17.7 Å². The van der Waals surface area contributed by atoms with Crippen LogP contribution in [-0.4, -0.2) is 12.3 Å². The fourth-order valence-electron chi connectivity index (χ4n) is 2.37. The van der Waals surface area contributed by atoms with Gasteiger partial charge in [0.15, 0.2) is 5.78 Å². The van der Waals surface area contributed by atoms with Gasteiger partial charge < -0.3 is 4.90 Å². The zero-order chi connectivity index (χ0) is 13.1. The fourth-order valence-corrected chi connectivity index (χ4v) is 2.37. The van der Waals surface area contributed by atoms with Crippen LogP contribution in [0.2, 0.25) is 0 Å². The van der Waals surface area contributed by atoms with Gasteiger partial charge in [-0.25, -0.2) is 0 Å². The molecule has 2 aromatic rings. The lowest BCUT2D eigenvalue weighted by Crippen LogP contribution is -2.28. The summed E-state index contributed by atoms with van der Waals surface area (Å²) in [5.74, 6) is 0.200. The summed E-state index contributed by atoms with van der Waals surface area (Å²) < 4.78 is 0. The Bertz CT molecular complexity index is 602. The predicted octanol–water partition coefficient (Wildman–Crippen LogP) is 3.51. The summed E-state index contributed by atoms with van der Waals surface area (Å²) in [5, 5.41) is 0. The minimum absolute atomic E-state index is 0.200. The standard InChI is InChI=1S/C17H15NO/c19-16-11-12-18(15-9-5-2-6-10-15)17(13-16)14-7-3-1-4-8-14/h1-10,13H,11-12H2. The Morgan fingerprint density at radius 3 is 2.16 bits per heavy atom. The van der Waals surface area contributed by atoms with Crippen LogP contribution in [-0.2, 0) is 4.79 Å². The first kappa shape index (κ1) is 11.7. The summed E-state index contributed by atoms with van der Waals surface area (Å²) in [7, 11) is 0. The Hall–Kier alpha value is -2.35. The molecule has 2 heteroatoms. The first-order chi connectivity index (χ1) is 9.34. The van der Waals surface area contributed by atoms with E-state index in [2.05, 4.69) is 17.0 Å². The van der Waals surface area contributed by atoms with E-state index < -0.39 is 0 Å². The molecular formula is C17H15NO. The minimum Gasteiger partial charge on any atom is -0.340 e. The predicted molar refractivity (Wildman–Crippen MR) is 77.8 cm³/mol. The van der Waals surface area contributed by atoms with Gasteiger partial charge in [-0.1, -0.05) is 48.5 Å². The SMILES string of the molecule is O=C1C=C(c2ccccc2)N(c2ccccc2)CC1. The highest BCUT2D eigenvalue weighted by Crippen LogP contribution is 2.29. The number of hydrogen-bond acceptors (Lipinski definition) is 2. The van der Waals surface area contributed by atoms with Gasteiger partial charge in [-0.2, -0.15) is 0 Å². The van der Waals surface area contributed by atoms with E-state index >= 15 is 0 Å². The van der Waals surface area contributed by atoms with Gasteiger partial charge in [-0.3, -0.25) is 4.79 Å². The number of carbonyl (C=O) groups excluding carboxylic acids is 1. The van der Waals surface area contributed by atoms with Crippen molar-refractivity contribution in [2.24, 2.45) is 0 Å². The summed E-state index contributed by atoms with van der Waals surface area (Å²) in [6, 6.07) is 20.3. The Labute approximate surface area is 113 Å². The second-order valence-electron chi connectivity index (χ2n) is 4.60. The highest BCUT2D eigenvalue weighted by Gasteiger charge is 2.20. The number of rotatable bonds is 2. The average molecular weight is 249 g/mol. The molecular weight excluding hydrogens is 234 g/mol. The molecule has 0 amide bonds. The van der Waals surface area contributed by atoms with Crippen LogP contribution in [0.5, 0.6) is 0 Å². The van der Waals surface area contributed by atoms with Crippen LogP contribution < -0.4 is 4.90 Å². The molecule has 0 N–H and O–H groups in total. The molecule has 2 nitrogen and oxygen atoms in total. The van der Waals surface area contributed by atoms with Crippen molar-refractivity contribution in [2.75, 3.05) is 11.4 Å². The van der Waals surface area contributed by atoms with E-state index in [0.29, 0.717) is 6.42 Å². The second-order valence-corrected chi connectivity index (χ2v) is 4.60. The van der Waals surface area contributed by atoms with E-state index in [0.717, 1.165) is 23.5 Å². The number of benzene rings is 2. The normalized spacial score (nSPS) is 15.3. The van der Waals surface area contributed by atoms with E-state index in [4.69, 9.17) is 0 Å². The number of nitrogens with zero attached hydrogens (tertiary/aromatic N) is 1. The lowest BCUT2D eigenvalue weighted by atomic mass is 10.0. The van der Waals surface area contributed by atoms with E-state index in [-0.39, 0.29) is 5.78 Å². The first-order valence-corrected chi connectivity index (χ1v) is 6.47. The summed E-state index contributed by atoms with van der Waals surface area (Å²) in [6.45, 7) is 0.740. The van der Waals surface area contributed by atoms with Crippen LogP contribution in [0.15, 0.2) is 66.7 Å². The maximum Gasteiger partial charge on any atom is 0.159 e. The number of allylic oxidation sites excluding steroid dienone is 1. The van der Waals surface area contributed by atoms with Crippen molar-refractivity contribution in [1.82, 2.24) is 0 Å². The molecule has 1 aliphatic heterocycles. The summed E-state index contributed by atoms with van der Waals surface area (Å²) >= 11 is 0. The van der Waals surface area contributed by atoms with E-state index in [9.17, 15) is 4.79 Å². The molecule has 3 rings (SSSR count). The summed E-state index contributed by atoms with van der Waals surface area (Å²) in [6.07, 6.45) is 2.33. The molecule has 0 atom stereocenters.